The Hall–Kier alpha value is -3.32. The fourth-order valence-corrected chi connectivity index (χ4v) is 6.53. The normalized spacial score (nSPS) is 16.2. The summed E-state index contributed by atoms with van der Waals surface area (Å²) in [5.41, 5.74) is 12.0. The lowest BCUT2D eigenvalue weighted by atomic mass is 9.75. The quantitative estimate of drug-likeness (QED) is 0.273. The van der Waals surface area contributed by atoms with E-state index in [0.29, 0.717) is 5.92 Å². The molecule has 1 heteroatoms. The van der Waals surface area contributed by atoms with Crippen LogP contribution in [0.1, 0.15) is 62.1 Å². The topological polar surface area (TPSA) is 13.1 Å². The number of hydrogen-bond donors (Lipinski definition) is 0. The SMILES string of the molecule is CC(C)c1ccc2c(c1)C1(CCCC1)c1cc(-c3cccc4c3oc3ccccc34)ccc1-2. The molecular formula is C32H28O. The standard InChI is InChI=1S/C32H28O/c1-20(2)21-12-14-24-25-15-13-22(19-29(25)32(28(24)18-21)16-5-6-17-32)23-9-7-10-27-26-8-3-4-11-30(26)33-31(23)27/h3-4,7-15,18-20H,5-6,16-17H2,1-2H3. The van der Waals surface area contributed by atoms with Gasteiger partial charge in [-0.25, -0.2) is 0 Å². The second-order valence-electron chi connectivity index (χ2n) is 10.3. The van der Waals surface area contributed by atoms with E-state index >= 15 is 0 Å². The van der Waals surface area contributed by atoms with Crippen LogP contribution in [0.25, 0.3) is 44.2 Å². The van der Waals surface area contributed by atoms with E-state index in [4.69, 9.17) is 4.42 Å². The van der Waals surface area contributed by atoms with Crippen LogP contribution in [-0.2, 0) is 5.41 Å². The molecule has 1 aromatic heterocycles. The van der Waals surface area contributed by atoms with E-state index in [1.165, 1.54) is 69.8 Å². The number of hydrogen-bond acceptors (Lipinski definition) is 1. The van der Waals surface area contributed by atoms with Gasteiger partial charge in [0.15, 0.2) is 0 Å². The van der Waals surface area contributed by atoms with Gasteiger partial charge in [0.2, 0.25) is 0 Å². The largest absolute Gasteiger partial charge is 0.455 e. The van der Waals surface area contributed by atoms with Crippen LogP contribution in [-0.4, -0.2) is 0 Å². The molecule has 2 aliphatic rings. The highest BCUT2D eigenvalue weighted by Crippen LogP contribution is 2.58. The lowest BCUT2D eigenvalue weighted by molar-refractivity contribution is 0.549. The minimum absolute atomic E-state index is 0.174. The van der Waals surface area contributed by atoms with Gasteiger partial charge in [-0.2, -0.15) is 0 Å². The minimum atomic E-state index is 0.174. The first-order valence-electron chi connectivity index (χ1n) is 12.4. The molecule has 4 aromatic carbocycles. The van der Waals surface area contributed by atoms with Crippen LogP contribution in [0.15, 0.2) is 83.3 Å². The fourth-order valence-electron chi connectivity index (χ4n) is 6.53. The van der Waals surface area contributed by atoms with Crippen molar-refractivity contribution in [2.75, 3.05) is 0 Å². The van der Waals surface area contributed by atoms with Crippen molar-refractivity contribution < 1.29 is 4.42 Å². The fraction of sp³-hybridized carbons (Fsp3) is 0.250. The first-order chi connectivity index (χ1) is 16.2. The molecule has 0 saturated heterocycles. The molecule has 2 aliphatic carbocycles. The Balaban J connectivity index is 1.45. The molecule has 7 rings (SSSR count). The molecule has 0 unspecified atom stereocenters. The smallest absolute Gasteiger partial charge is 0.143 e. The molecule has 1 spiro atoms. The number of para-hydroxylation sites is 2. The van der Waals surface area contributed by atoms with Crippen molar-refractivity contribution in [3.63, 3.8) is 0 Å². The summed E-state index contributed by atoms with van der Waals surface area (Å²) in [5, 5.41) is 2.39. The minimum Gasteiger partial charge on any atom is -0.455 e. The molecule has 5 aromatic rings. The van der Waals surface area contributed by atoms with E-state index < -0.39 is 0 Å². The zero-order valence-electron chi connectivity index (χ0n) is 19.3. The van der Waals surface area contributed by atoms with Crippen LogP contribution in [0.5, 0.6) is 0 Å². The molecule has 0 aliphatic heterocycles. The molecule has 162 valence electrons. The van der Waals surface area contributed by atoms with E-state index in [2.05, 4.69) is 86.6 Å². The van der Waals surface area contributed by atoms with Crippen LogP contribution in [0.2, 0.25) is 0 Å². The number of fused-ring (bicyclic) bond motifs is 8. The van der Waals surface area contributed by atoms with Crippen LogP contribution in [0.4, 0.5) is 0 Å². The molecule has 1 heterocycles. The zero-order chi connectivity index (χ0) is 22.2. The van der Waals surface area contributed by atoms with Crippen molar-refractivity contribution in [2.45, 2.75) is 50.9 Å². The first-order valence-corrected chi connectivity index (χ1v) is 12.4. The number of furan rings is 1. The lowest BCUT2D eigenvalue weighted by Crippen LogP contribution is -2.20. The van der Waals surface area contributed by atoms with Gasteiger partial charge in [0.1, 0.15) is 11.2 Å². The summed E-state index contributed by atoms with van der Waals surface area (Å²) in [7, 11) is 0. The average Bonchev–Trinajstić information content (AvgIpc) is 3.55. The molecule has 0 N–H and O–H groups in total. The van der Waals surface area contributed by atoms with E-state index in [1.54, 1.807) is 5.56 Å². The highest BCUT2D eigenvalue weighted by atomic mass is 16.3. The third kappa shape index (κ3) is 2.60. The van der Waals surface area contributed by atoms with E-state index in [1.807, 2.05) is 6.07 Å². The second-order valence-corrected chi connectivity index (χ2v) is 10.3. The first kappa shape index (κ1) is 19.2. The van der Waals surface area contributed by atoms with Gasteiger partial charge < -0.3 is 4.42 Å². The average molecular weight is 429 g/mol. The van der Waals surface area contributed by atoms with Gasteiger partial charge in [-0.05, 0) is 64.3 Å². The molecule has 33 heavy (non-hydrogen) atoms. The van der Waals surface area contributed by atoms with E-state index in [-0.39, 0.29) is 5.41 Å². The molecule has 1 fully saturated rings. The van der Waals surface area contributed by atoms with Crippen molar-refractivity contribution in [2.24, 2.45) is 0 Å². The van der Waals surface area contributed by atoms with Gasteiger partial charge in [0.25, 0.3) is 0 Å². The molecule has 0 radical (unpaired) electrons. The molecular weight excluding hydrogens is 400 g/mol. The van der Waals surface area contributed by atoms with Gasteiger partial charge in [-0.15, -0.1) is 0 Å². The third-order valence-electron chi connectivity index (χ3n) is 8.22. The lowest BCUT2D eigenvalue weighted by Gasteiger charge is -2.27. The second kappa shape index (κ2) is 6.84. The van der Waals surface area contributed by atoms with Gasteiger partial charge in [0.05, 0.1) is 0 Å². The Morgan fingerprint density at radius 2 is 1.42 bits per heavy atom. The van der Waals surface area contributed by atoms with Gasteiger partial charge >= 0.3 is 0 Å². The summed E-state index contributed by atoms with van der Waals surface area (Å²) < 4.78 is 6.38. The van der Waals surface area contributed by atoms with E-state index in [9.17, 15) is 0 Å². The maximum atomic E-state index is 6.38. The molecule has 0 bridgehead atoms. The highest BCUT2D eigenvalue weighted by Gasteiger charge is 2.45. The predicted molar refractivity (Wildman–Crippen MR) is 138 cm³/mol. The van der Waals surface area contributed by atoms with Crippen molar-refractivity contribution in [3.05, 3.63) is 95.6 Å². The molecule has 1 saturated carbocycles. The van der Waals surface area contributed by atoms with Crippen molar-refractivity contribution in [3.8, 4) is 22.3 Å². The summed E-state index contributed by atoms with van der Waals surface area (Å²) >= 11 is 0. The molecule has 0 atom stereocenters. The summed E-state index contributed by atoms with van der Waals surface area (Å²) in [5.74, 6) is 0.554. The maximum absolute atomic E-state index is 6.38. The van der Waals surface area contributed by atoms with Crippen molar-refractivity contribution >= 4 is 21.9 Å². The Morgan fingerprint density at radius 1 is 0.697 bits per heavy atom. The third-order valence-corrected chi connectivity index (χ3v) is 8.22. The Kier molecular flexibility index (Phi) is 3.97. The van der Waals surface area contributed by atoms with Gasteiger partial charge in [0, 0.05) is 21.8 Å². The maximum Gasteiger partial charge on any atom is 0.143 e. The Bertz CT molecular complexity index is 1540. The van der Waals surface area contributed by atoms with Crippen LogP contribution in [0.3, 0.4) is 0 Å². The molecule has 1 nitrogen and oxygen atoms in total. The van der Waals surface area contributed by atoms with Crippen LogP contribution in [0, 0.1) is 0 Å². The van der Waals surface area contributed by atoms with Crippen molar-refractivity contribution in [1.29, 1.82) is 0 Å². The summed E-state index contributed by atoms with van der Waals surface area (Å²) in [4.78, 5) is 0. The van der Waals surface area contributed by atoms with E-state index in [0.717, 1.165) is 11.2 Å². The highest BCUT2D eigenvalue weighted by molar-refractivity contribution is 6.09. The number of benzene rings is 4. The van der Waals surface area contributed by atoms with Crippen LogP contribution < -0.4 is 0 Å². The summed E-state index contributed by atoms with van der Waals surface area (Å²) in [6, 6.07) is 29.3. The monoisotopic (exact) mass is 428 g/mol. The van der Waals surface area contributed by atoms with Crippen LogP contribution >= 0.6 is 0 Å². The van der Waals surface area contributed by atoms with Gasteiger partial charge in [-0.3, -0.25) is 0 Å². The molecule has 0 amide bonds. The summed E-state index contributed by atoms with van der Waals surface area (Å²) in [6.45, 7) is 4.61. The Labute approximate surface area is 195 Å². The summed E-state index contributed by atoms with van der Waals surface area (Å²) in [6.07, 6.45) is 5.14. The van der Waals surface area contributed by atoms with Gasteiger partial charge in [-0.1, -0.05) is 93.4 Å². The van der Waals surface area contributed by atoms with Crippen molar-refractivity contribution in [1.82, 2.24) is 0 Å². The zero-order valence-corrected chi connectivity index (χ0v) is 19.3. The number of rotatable bonds is 2. The Morgan fingerprint density at radius 3 is 2.24 bits per heavy atom. The predicted octanol–water partition coefficient (Wildman–Crippen LogP) is 9.22.